The van der Waals surface area contributed by atoms with Crippen LogP contribution in [0, 0.1) is 5.92 Å². The van der Waals surface area contributed by atoms with Gasteiger partial charge in [-0.1, -0.05) is 44.2 Å². The number of hydrogen-bond donors (Lipinski definition) is 1. The molecule has 0 atom stereocenters. The smallest absolute Gasteiger partial charge is 0.321 e. The normalized spacial score (nSPS) is 18.0. The van der Waals surface area contributed by atoms with Gasteiger partial charge in [0.15, 0.2) is 0 Å². The molecule has 1 aromatic carbocycles. The molecule has 1 aliphatic heterocycles. The number of aromatic nitrogens is 1. The predicted molar refractivity (Wildman–Crippen MR) is 123 cm³/mol. The second kappa shape index (κ2) is 11.1. The van der Waals surface area contributed by atoms with Crippen molar-refractivity contribution in [2.24, 2.45) is 5.92 Å². The molecule has 31 heavy (non-hydrogen) atoms. The van der Waals surface area contributed by atoms with Crippen molar-refractivity contribution in [3.63, 3.8) is 0 Å². The molecule has 0 radical (unpaired) electrons. The number of benzene rings is 1. The third kappa shape index (κ3) is 6.69. The molecule has 166 valence electrons. The van der Waals surface area contributed by atoms with Crippen LogP contribution in [0.1, 0.15) is 44.1 Å². The van der Waals surface area contributed by atoms with Crippen molar-refractivity contribution in [1.82, 2.24) is 14.8 Å². The van der Waals surface area contributed by atoms with Crippen LogP contribution in [0.5, 0.6) is 5.75 Å². The third-order valence-electron chi connectivity index (χ3n) is 6.40. The number of rotatable bonds is 7. The highest BCUT2D eigenvalue weighted by Gasteiger charge is 2.21. The van der Waals surface area contributed by atoms with Gasteiger partial charge < -0.3 is 15.0 Å². The van der Waals surface area contributed by atoms with Crippen LogP contribution in [0.25, 0.3) is 0 Å². The Balaban J connectivity index is 1.19. The van der Waals surface area contributed by atoms with Gasteiger partial charge in [-0.3, -0.25) is 9.88 Å². The Morgan fingerprint density at radius 3 is 2.68 bits per heavy atom. The van der Waals surface area contributed by atoms with Gasteiger partial charge in [-0.05, 0) is 42.2 Å². The first-order chi connectivity index (χ1) is 15.3. The van der Waals surface area contributed by atoms with E-state index in [0.29, 0.717) is 0 Å². The van der Waals surface area contributed by atoms with E-state index in [-0.39, 0.29) is 6.03 Å². The van der Waals surface area contributed by atoms with Crippen LogP contribution < -0.4 is 10.1 Å². The van der Waals surface area contributed by atoms with Crippen LogP contribution in [-0.4, -0.2) is 53.6 Å². The molecule has 2 amide bonds. The number of ether oxygens (including phenoxy) is 1. The first-order valence-corrected chi connectivity index (χ1v) is 11.7. The molecule has 1 saturated carbocycles. The highest BCUT2D eigenvalue weighted by Crippen LogP contribution is 2.26. The van der Waals surface area contributed by atoms with Gasteiger partial charge in [0.05, 0.1) is 18.5 Å². The minimum absolute atomic E-state index is 0.0546. The Morgan fingerprint density at radius 1 is 1.06 bits per heavy atom. The maximum absolute atomic E-state index is 12.4. The second-order valence-corrected chi connectivity index (χ2v) is 8.72. The Kier molecular flexibility index (Phi) is 7.77. The Morgan fingerprint density at radius 2 is 1.90 bits per heavy atom. The molecule has 1 aliphatic carbocycles. The fraction of sp³-hybridized carbons (Fsp3) is 0.520. The maximum atomic E-state index is 12.4. The fourth-order valence-corrected chi connectivity index (χ4v) is 4.56. The van der Waals surface area contributed by atoms with Crippen LogP contribution in [0.15, 0.2) is 48.8 Å². The van der Waals surface area contributed by atoms with Crippen LogP contribution in [-0.2, 0) is 6.54 Å². The van der Waals surface area contributed by atoms with Crippen LogP contribution in [0.3, 0.4) is 0 Å². The summed E-state index contributed by atoms with van der Waals surface area (Å²) in [7, 11) is 0. The Hall–Kier alpha value is -2.60. The molecule has 2 fully saturated rings. The van der Waals surface area contributed by atoms with Gasteiger partial charge in [-0.15, -0.1) is 0 Å². The second-order valence-electron chi connectivity index (χ2n) is 8.72. The van der Waals surface area contributed by atoms with E-state index < -0.39 is 0 Å². The summed E-state index contributed by atoms with van der Waals surface area (Å²) in [6.07, 6.45) is 11.5. The van der Waals surface area contributed by atoms with Crippen molar-refractivity contribution >= 4 is 11.7 Å². The lowest BCUT2D eigenvalue weighted by Crippen LogP contribution is -2.49. The number of carbonyl (C=O) groups excluding carboxylic acids is 1. The van der Waals surface area contributed by atoms with Crippen molar-refractivity contribution < 1.29 is 9.53 Å². The van der Waals surface area contributed by atoms with Crippen LogP contribution >= 0.6 is 0 Å². The molecule has 0 unspecified atom stereocenters. The van der Waals surface area contributed by atoms with Gasteiger partial charge in [-0.25, -0.2) is 4.79 Å². The molecule has 0 spiro atoms. The molecule has 1 N–H and O–H groups in total. The summed E-state index contributed by atoms with van der Waals surface area (Å²) < 4.78 is 6.06. The number of hydrogen-bond acceptors (Lipinski definition) is 4. The van der Waals surface area contributed by atoms with E-state index in [9.17, 15) is 4.79 Å². The molecular formula is C25H34N4O2. The van der Waals surface area contributed by atoms with E-state index >= 15 is 0 Å². The van der Waals surface area contributed by atoms with Gasteiger partial charge >= 0.3 is 6.03 Å². The number of amides is 2. The largest absolute Gasteiger partial charge is 0.494 e. The number of carbonyl (C=O) groups is 1. The van der Waals surface area contributed by atoms with Crippen molar-refractivity contribution in [3.8, 4) is 5.75 Å². The molecule has 0 bridgehead atoms. The molecule has 4 rings (SSSR count). The summed E-state index contributed by atoms with van der Waals surface area (Å²) in [6.45, 7) is 4.89. The number of nitrogens with one attached hydrogen (secondary N) is 1. The number of nitrogens with zero attached hydrogens (tertiary/aromatic N) is 3. The number of pyridine rings is 1. The van der Waals surface area contributed by atoms with Crippen molar-refractivity contribution in [1.29, 1.82) is 0 Å². The summed E-state index contributed by atoms with van der Waals surface area (Å²) >= 11 is 0. The average Bonchev–Trinajstić information content (AvgIpc) is 2.81. The number of anilines is 1. The number of urea groups is 1. The molecule has 2 heterocycles. The lowest BCUT2D eigenvalue weighted by atomic mass is 9.87. The molecule has 6 nitrogen and oxygen atoms in total. The monoisotopic (exact) mass is 422 g/mol. The minimum atomic E-state index is -0.0546. The maximum Gasteiger partial charge on any atom is 0.321 e. The highest BCUT2D eigenvalue weighted by atomic mass is 16.5. The van der Waals surface area contributed by atoms with Crippen molar-refractivity contribution in [2.45, 2.75) is 45.1 Å². The van der Waals surface area contributed by atoms with Gasteiger partial charge in [-0.2, -0.15) is 0 Å². The van der Waals surface area contributed by atoms with Gasteiger partial charge in [0, 0.05) is 38.9 Å². The lowest BCUT2D eigenvalue weighted by Gasteiger charge is -2.34. The van der Waals surface area contributed by atoms with E-state index in [0.717, 1.165) is 56.7 Å². The van der Waals surface area contributed by atoms with E-state index in [1.54, 1.807) is 12.4 Å². The summed E-state index contributed by atoms with van der Waals surface area (Å²) in [5.41, 5.74) is 2.00. The Labute approximate surface area is 185 Å². The summed E-state index contributed by atoms with van der Waals surface area (Å²) in [5.74, 6) is 1.83. The van der Waals surface area contributed by atoms with Crippen LogP contribution in [0.4, 0.5) is 10.5 Å². The molecular weight excluding hydrogens is 388 g/mol. The van der Waals surface area contributed by atoms with E-state index in [1.807, 2.05) is 17.0 Å². The van der Waals surface area contributed by atoms with Gasteiger partial charge in [0.2, 0.25) is 0 Å². The average molecular weight is 423 g/mol. The van der Waals surface area contributed by atoms with Gasteiger partial charge in [0.25, 0.3) is 0 Å². The zero-order valence-corrected chi connectivity index (χ0v) is 18.3. The minimum Gasteiger partial charge on any atom is -0.494 e. The topological polar surface area (TPSA) is 57.7 Å². The summed E-state index contributed by atoms with van der Waals surface area (Å²) in [4.78, 5) is 20.8. The first-order valence-electron chi connectivity index (χ1n) is 11.7. The van der Waals surface area contributed by atoms with Crippen LogP contribution in [0.2, 0.25) is 0 Å². The van der Waals surface area contributed by atoms with Crippen molar-refractivity contribution in [3.05, 3.63) is 54.4 Å². The first kappa shape index (κ1) is 21.6. The predicted octanol–water partition coefficient (Wildman–Crippen LogP) is 4.78. The van der Waals surface area contributed by atoms with E-state index in [2.05, 4.69) is 39.5 Å². The van der Waals surface area contributed by atoms with Crippen molar-refractivity contribution in [2.75, 3.05) is 38.1 Å². The molecule has 6 heteroatoms. The van der Waals surface area contributed by atoms with Gasteiger partial charge in [0.1, 0.15) is 5.75 Å². The zero-order valence-electron chi connectivity index (χ0n) is 18.3. The third-order valence-corrected chi connectivity index (χ3v) is 6.40. The molecule has 1 saturated heterocycles. The van der Waals surface area contributed by atoms with E-state index in [4.69, 9.17) is 4.74 Å². The number of piperazine rings is 1. The highest BCUT2D eigenvalue weighted by molar-refractivity contribution is 5.89. The fourth-order valence-electron chi connectivity index (χ4n) is 4.56. The Bertz CT molecular complexity index is 815. The molecule has 1 aromatic heterocycles. The quantitative estimate of drug-likeness (QED) is 0.698. The zero-order chi connectivity index (χ0) is 21.3. The standard InChI is InChI=1S/C25H34N4O2/c30-25(27-23-9-5-12-26-19-23)29-15-13-28(14-16-29)20-22-8-4-10-24(18-22)31-17-11-21-6-2-1-3-7-21/h4-5,8-10,12,18-19,21H,1-3,6-7,11,13-17,20H2,(H,27,30). The van der Waals surface area contributed by atoms with E-state index in [1.165, 1.54) is 44.1 Å². The SMILES string of the molecule is O=C(Nc1cccnc1)N1CCN(Cc2cccc(OCCC3CCCCC3)c2)CC1. The molecule has 2 aliphatic rings. The summed E-state index contributed by atoms with van der Waals surface area (Å²) in [6, 6.07) is 12.1. The lowest BCUT2D eigenvalue weighted by molar-refractivity contribution is 0.143. The molecule has 2 aromatic rings. The summed E-state index contributed by atoms with van der Waals surface area (Å²) in [5, 5.41) is 2.92.